The van der Waals surface area contributed by atoms with E-state index in [9.17, 15) is 9.50 Å². The minimum absolute atomic E-state index is 0.0198. The number of halogens is 2. The quantitative estimate of drug-likeness (QED) is 0.789. The van der Waals surface area contributed by atoms with E-state index in [0.29, 0.717) is 15.6 Å². The summed E-state index contributed by atoms with van der Waals surface area (Å²) in [5.41, 5.74) is 1.07. The molecule has 0 heterocycles. The number of nitrogens with two attached hydrogens (primary N) is 1. The smallest absolute Gasteiger partial charge is 0.166 e. The predicted octanol–water partition coefficient (Wildman–Crippen LogP) is 1.99. The van der Waals surface area contributed by atoms with Crippen molar-refractivity contribution in [2.75, 3.05) is 0 Å². The molecule has 0 amide bonds. The molecule has 3 N–H and O–H groups in total. The van der Waals surface area contributed by atoms with Gasteiger partial charge >= 0.3 is 0 Å². The summed E-state index contributed by atoms with van der Waals surface area (Å²) < 4.78 is 13.5. The zero-order valence-electron chi connectivity index (χ0n) is 6.97. The lowest BCUT2D eigenvalue weighted by molar-refractivity contribution is 0.121. The largest absolute Gasteiger partial charge is 0.505 e. The first-order valence-corrected chi connectivity index (χ1v) is 4.35. The number of phenolic OH excluding ortho intramolecular Hbond substituents is 1. The van der Waals surface area contributed by atoms with E-state index >= 15 is 0 Å². The van der Waals surface area contributed by atoms with Crippen LogP contribution in [-0.2, 0) is 11.4 Å². The van der Waals surface area contributed by atoms with Crippen molar-refractivity contribution in [1.29, 1.82) is 0 Å². The molecule has 3 nitrogen and oxygen atoms in total. The standard InChI is InChI=1S/C8H9BrFNO2/c1-4-5(3-13-11)8(12)7(10)2-6(4)9/h2,12H,3,11H2,1H3. The van der Waals surface area contributed by atoms with Gasteiger partial charge in [-0.1, -0.05) is 15.9 Å². The van der Waals surface area contributed by atoms with Crippen LogP contribution in [0.1, 0.15) is 11.1 Å². The zero-order chi connectivity index (χ0) is 10.0. The van der Waals surface area contributed by atoms with Crippen LogP contribution in [0.4, 0.5) is 4.39 Å². The topological polar surface area (TPSA) is 55.5 Å². The molecule has 13 heavy (non-hydrogen) atoms. The van der Waals surface area contributed by atoms with E-state index in [1.54, 1.807) is 6.92 Å². The van der Waals surface area contributed by atoms with Gasteiger partial charge in [-0.05, 0) is 18.6 Å². The summed E-state index contributed by atoms with van der Waals surface area (Å²) in [5, 5.41) is 9.30. The molecule has 0 aromatic heterocycles. The number of aromatic hydroxyl groups is 1. The van der Waals surface area contributed by atoms with Gasteiger partial charge in [0.1, 0.15) is 0 Å². The molecule has 1 rings (SSSR count). The van der Waals surface area contributed by atoms with Crippen molar-refractivity contribution < 1.29 is 14.3 Å². The molecule has 0 aliphatic carbocycles. The Morgan fingerprint density at radius 3 is 2.85 bits per heavy atom. The molecule has 1 aromatic carbocycles. The molecule has 1 aromatic rings. The van der Waals surface area contributed by atoms with Crippen LogP contribution in [0, 0.1) is 12.7 Å². The van der Waals surface area contributed by atoms with Crippen LogP contribution in [0.5, 0.6) is 5.75 Å². The summed E-state index contributed by atoms with van der Waals surface area (Å²) in [6.07, 6.45) is 0. The highest BCUT2D eigenvalue weighted by atomic mass is 79.9. The lowest BCUT2D eigenvalue weighted by atomic mass is 10.1. The van der Waals surface area contributed by atoms with Crippen molar-refractivity contribution in [3.63, 3.8) is 0 Å². The zero-order valence-corrected chi connectivity index (χ0v) is 8.56. The molecule has 0 atom stereocenters. The van der Waals surface area contributed by atoms with Crippen LogP contribution in [0.3, 0.4) is 0 Å². The van der Waals surface area contributed by atoms with Gasteiger partial charge in [0.15, 0.2) is 11.6 Å². The van der Waals surface area contributed by atoms with E-state index in [0.717, 1.165) is 0 Å². The summed E-state index contributed by atoms with van der Waals surface area (Å²) in [6.45, 7) is 1.71. The Hall–Kier alpha value is -0.650. The molecule has 72 valence electrons. The van der Waals surface area contributed by atoms with Crippen molar-refractivity contribution in [3.8, 4) is 5.75 Å². The Kier molecular flexibility index (Phi) is 3.24. The maximum absolute atomic E-state index is 13.0. The van der Waals surface area contributed by atoms with Gasteiger partial charge in [-0.25, -0.2) is 10.3 Å². The average Bonchev–Trinajstić information content (AvgIpc) is 2.09. The first-order valence-electron chi connectivity index (χ1n) is 3.56. The van der Waals surface area contributed by atoms with Crippen molar-refractivity contribution in [2.45, 2.75) is 13.5 Å². The molecular formula is C8H9BrFNO2. The number of benzene rings is 1. The van der Waals surface area contributed by atoms with Gasteiger partial charge in [-0.15, -0.1) is 0 Å². The Bertz CT molecular complexity index is 304. The van der Waals surface area contributed by atoms with Gasteiger partial charge in [-0.2, -0.15) is 0 Å². The third kappa shape index (κ3) is 1.99. The third-order valence-electron chi connectivity index (χ3n) is 1.80. The van der Waals surface area contributed by atoms with Crippen molar-refractivity contribution >= 4 is 15.9 Å². The average molecular weight is 250 g/mol. The highest BCUT2D eigenvalue weighted by Crippen LogP contribution is 2.30. The maximum Gasteiger partial charge on any atom is 0.166 e. The summed E-state index contributed by atoms with van der Waals surface area (Å²) in [6, 6.07) is 1.20. The summed E-state index contributed by atoms with van der Waals surface area (Å²) in [4.78, 5) is 4.35. The van der Waals surface area contributed by atoms with Crippen LogP contribution in [-0.4, -0.2) is 5.11 Å². The first kappa shape index (κ1) is 10.4. The molecule has 0 radical (unpaired) electrons. The van der Waals surface area contributed by atoms with Crippen LogP contribution in [0.2, 0.25) is 0 Å². The lowest BCUT2D eigenvalue weighted by Crippen LogP contribution is -2.02. The van der Waals surface area contributed by atoms with Crippen molar-refractivity contribution in [3.05, 3.63) is 27.5 Å². The Balaban J connectivity index is 3.28. The van der Waals surface area contributed by atoms with Gasteiger partial charge in [0.25, 0.3) is 0 Å². The van der Waals surface area contributed by atoms with E-state index in [2.05, 4.69) is 20.8 Å². The number of hydrogen-bond acceptors (Lipinski definition) is 3. The monoisotopic (exact) mass is 249 g/mol. The second-order valence-electron chi connectivity index (χ2n) is 2.60. The van der Waals surface area contributed by atoms with Gasteiger partial charge in [-0.3, -0.25) is 4.84 Å². The van der Waals surface area contributed by atoms with Crippen LogP contribution >= 0.6 is 15.9 Å². The number of phenols is 1. The van der Waals surface area contributed by atoms with E-state index in [4.69, 9.17) is 5.90 Å². The SMILES string of the molecule is Cc1c(Br)cc(F)c(O)c1CON. The third-order valence-corrected chi connectivity index (χ3v) is 2.63. The second-order valence-corrected chi connectivity index (χ2v) is 3.46. The summed E-state index contributed by atoms with van der Waals surface area (Å²) in [5.74, 6) is 3.75. The molecule has 0 fully saturated rings. The Labute approximate surface area is 83.4 Å². The van der Waals surface area contributed by atoms with Gasteiger partial charge < -0.3 is 5.11 Å². The van der Waals surface area contributed by atoms with Crippen LogP contribution < -0.4 is 5.90 Å². The van der Waals surface area contributed by atoms with E-state index in [-0.39, 0.29) is 6.61 Å². The van der Waals surface area contributed by atoms with Crippen molar-refractivity contribution in [1.82, 2.24) is 0 Å². The fourth-order valence-corrected chi connectivity index (χ4v) is 1.45. The predicted molar refractivity (Wildman–Crippen MR) is 49.5 cm³/mol. The van der Waals surface area contributed by atoms with Gasteiger partial charge in [0, 0.05) is 10.0 Å². The van der Waals surface area contributed by atoms with Gasteiger partial charge in [0.2, 0.25) is 0 Å². The van der Waals surface area contributed by atoms with Crippen LogP contribution in [0.25, 0.3) is 0 Å². The summed E-state index contributed by atoms with van der Waals surface area (Å²) >= 11 is 3.15. The van der Waals surface area contributed by atoms with Crippen molar-refractivity contribution in [2.24, 2.45) is 5.90 Å². The maximum atomic E-state index is 13.0. The fraction of sp³-hybridized carbons (Fsp3) is 0.250. The van der Waals surface area contributed by atoms with Gasteiger partial charge in [0.05, 0.1) is 6.61 Å². The van der Waals surface area contributed by atoms with E-state index in [1.165, 1.54) is 6.07 Å². The molecular weight excluding hydrogens is 241 g/mol. The van der Waals surface area contributed by atoms with E-state index in [1.807, 2.05) is 0 Å². The number of rotatable bonds is 2. The Morgan fingerprint density at radius 2 is 2.31 bits per heavy atom. The molecule has 0 saturated heterocycles. The molecule has 0 spiro atoms. The molecule has 0 bridgehead atoms. The van der Waals surface area contributed by atoms with Crippen LogP contribution in [0.15, 0.2) is 10.5 Å². The Morgan fingerprint density at radius 1 is 1.69 bits per heavy atom. The molecule has 0 saturated carbocycles. The molecule has 5 heteroatoms. The minimum Gasteiger partial charge on any atom is -0.505 e. The summed E-state index contributed by atoms with van der Waals surface area (Å²) in [7, 11) is 0. The lowest BCUT2D eigenvalue weighted by Gasteiger charge is -2.09. The first-order chi connectivity index (χ1) is 6.07. The second kappa shape index (κ2) is 4.04. The van der Waals surface area contributed by atoms with E-state index < -0.39 is 11.6 Å². The highest BCUT2D eigenvalue weighted by Gasteiger charge is 2.13. The molecule has 0 aliphatic rings. The highest BCUT2D eigenvalue weighted by molar-refractivity contribution is 9.10. The number of hydrogen-bond donors (Lipinski definition) is 2. The molecule has 0 aliphatic heterocycles. The fourth-order valence-electron chi connectivity index (χ4n) is 1.01. The minimum atomic E-state index is -0.690. The molecule has 0 unspecified atom stereocenters. The normalized spacial score (nSPS) is 10.5.